The minimum absolute atomic E-state index is 0.164. The van der Waals surface area contributed by atoms with Gasteiger partial charge in [0.2, 0.25) is 10.0 Å². The number of hydrogen-bond donors (Lipinski definition) is 2. The van der Waals surface area contributed by atoms with E-state index < -0.39 is 28.8 Å². The summed E-state index contributed by atoms with van der Waals surface area (Å²) < 4.78 is 62.0. The van der Waals surface area contributed by atoms with Crippen LogP contribution in [0.2, 0.25) is 0 Å². The molecule has 0 aliphatic rings. The van der Waals surface area contributed by atoms with E-state index in [1.54, 1.807) is 11.6 Å². The van der Waals surface area contributed by atoms with Crippen LogP contribution in [-0.2, 0) is 10.0 Å². The average Bonchev–Trinajstić information content (AvgIpc) is 2.28. The largest absolute Gasteiger partial charge is 0.415 e. The van der Waals surface area contributed by atoms with Crippen molar-refractivity contribution >= 4 is 26.0 Å². The van der Waals surface area contributed by atoms with Crippen molar-refractivity contribution in [1.29, 1.82) is 0 Å². The number of hydrogen-bond acceptors (Lipinski definition) is 3. The standard InChI is InChI=1S/C10H11BrF3NO3S/c1-6-4-7(2-3-8(6)11)19(17,18)15-5-9(16)10(12,13)14/h2-4,9,15-16H,5H2,1H3. The fraction of sp³-hybridized carbons (Fsp3) is 0.400. The number of rotatable bonds is 4. The van der Waals surface area contributed by atoms with E-state index in [2.05, 4.69) is 15.9 Å². The second-order valence-corrected chi connectivity index (χ2v) is 6.44. The molecule has 0 radical (unpaired) electrons. The van der Waals surface area contributed by atoms with E-state index in [4.69, 9.17) is 5.11 Å². The molecule has 0 saturated heterocycles. The maximum absolute atomic E-state index is 12.1. The summed E-state index contributed by atoms with van der Waals surface area (Å²) in [5.74, 6) is 0. The van der Waals surface area contributed by atoms with E-state index in [0.717, 1.165) is 0 Å². The highest BCUT2D eigenvalue weighted by Gasteiger charge is 2.38. The molecule has 19 heavy (non-hydrogen) atoms. The fourth-order valence-corrected chi connectivity index (χ4v) is 2.54. The van der Waals surface area contributed by atoms with Gasteiger partial charge in [-0.15, -0.1) is 0 Å². The van der Waals surface area contributed by atoms with E-state index in [1.165, 1.54) is 18.2 Å². The van der Waals surface area contributed by atoms with Gasteiger partial charge in [0.15, 0.2) is 6.10 Å². The summed E-state index contributed by atoms with van der Waals surface area (Å²) in [4.78, 5) is -0.164. The van der Waals surface area contributed by atoms with Crippen molar-refractivity contribution < 1.29 is 26.7 Å². The lowest BCUT2D eigenvalue weighted by Crippen LogP contribution is -2.40. The monoisotopic (exact) mass is 361 g/mol. The van der Waals surface area contributed by atoms with Crippen molar-refractivity contribution in [2.24, 2.45) is 0 Å². The van der Waals surface area contributed by atoms with E-state index in [0.29, 0.717) is 10.0 Å². The molecule has 0 fully saturated rings. The molecule has 0 heterocycles. The van der Waals surface area contributed by atoms with Crippen molar-refractivity contribution in [3.8, 4) is 0 Å². The number of sulfonamides is 1. The predicted molar refractivity (Wildman–Crippen MR) is 66.1 cm³/mol. The summed E-state index contributed by atoms with van der Waals surface area (Å²) in [6.07, 6.45) is -7.60. The second kappa shape index (κ2) is 5.78. The zero-order chi connectivity index (χ0) is 14.8. The zero-order valence-corrected chi connectivity index (χ0v) is 12.1. The van der Waals surface area contributed by atoms with Gasteiger partial charge in [0.25, 0.3) is 0 Å². The molecule has 0 aliphatic heterocycles. The van der Waals surface area contributed by atoms with Gasteiger partial charge in [-0.2, -0.15) is 13.2 Å². The van der Waals surface area contributed by atoms with Crippen molar-refractivity contribution in [2.45, 2.75) is 24.1 Å². The highest BCUT2D eigenvalue weighted by Crippen LogP contribution is 2.21. The molecule has 2 N–H and O–H groups in total. The van der Waals surface area contributed by atoms with Gasteiger partial charge in [-0.25, -0.2) is 13.1 Å². The van der Waals surface area contributed by atoms with Crippen LogP contribution in [0.4, 0.5) is 13.2 Å². The van der Waals surface area contributed by atoms with E-state index in [-0.39, 0.29) is 4.90 Å². The maximum atomic E-state index is 12.1. The van der Waals surface area contributed by atoms with Gasteiger partial charge < -0.3 is 5.11 Å². The molecule has 108 valence electrons. The molecule has 1 unspecified atom stereocenters. The molecule has 9 heteroatoms. The first-order valence-corrected chi connectivity index (χ1v) is 7.32. The molecular weight excluding hydrogens is 351 g/mol. The summed E-state index contributed by atoms with van der Waals surface area (Å²) >= 11 is 3.18. The van der Waals surface area contributed by atoms with Crippen LogP contribution in [0.15, 0.2) is 27.6 Å². The smallest absolute Gasteiger partial charge is 0.382 e. The highest BCUT2D eigenvalue weighted by molar-refractivity contribution is 9.10. The van der Waals surface area contributed by atoms with Gasteiger partial charge in [-0.3, -0.25) is 0 Å². The van der Waals surface area contributed by atoms with Crippen molar-refractivity contribution in [3.63, 3.8) is 0 Å². The highest BCUT2D eigenvalue weighted by atomic mass is 79.9. The third-order valence-electron chi connectivity index (χ3n) is 2.28. The number of aliphatic hydroxyl groups excluding tert-OH is 1. The average molecular weight is 362 g/mol. The molecule has 0 amide bonds. The Balaban J connectivity index is 2.85. The molecule has 1 aromatic rings. The van der Waals surface area contributed by atoms with Crippen LogP contribution in [0.1, 0.15) is 5.56 Å². The van der Waals surface area contributed by atoms with Crippen LogP contribution < -0.4 is 4.72 Å². The molecule has 1 atom stereocenters. The Bertz CT molecular complexity index is 560. The van der Waals surface area contributed by atoms with Crippen LogP contribution in [-0.4, -0.2) is 32.3 Å². The number of nitrogens with one attached hydrogen (secondary N) is 1. The number of aliphatic hydroxyl groups is 1. The molecule has 1 rings (SSSR count). The van der Waals surface area contributed by atoms with Crippen LogP contribution in [0.5, 0.6) is 0 Å². The van der Waals surface area contributed by atoms with E-state index >= 15 is 0 Å². The molecule has 0 saturated carbocycles. The summed E-state index contributed by atoms with van der Waals surface area (Å²) in [6, 6.07) is 4.04. The van der Waals surface area contributed by atoms with E-state index in [9.17, 15) is 21.6 Å². The normalized spacial score (nSPS) is 14.4. The second-order valence-electron chi connectivity index (χ2n) is 3.82. The van der Waals surface area contributed by atoms with Gasteiger partial charge in [0, 0.05) is 11.0 Å². The van der Waals surface area contributed by atoms with Gasteiger partial charge in [0.05, 0.1) is 4.90 Å². The Labute approximate surface area is 116 Å². The predicted octanol–water partition coefficient (Wildman–Crippen LogP) is 1.96. The summed E-state index contributed by atoms with van der Waals surface area (Å²) in [6.45, 7) is 0.522. The van der Waals surface area contributed by atoms with Gasteiger partial charge >= 0.3 is 6.18 Å². The number of halogens is 4. The number of alkyl halides is 3. The lowest BCUT2D eigenvalue weighted by atomic mass is 10.2. The third kappa shape index (κ3) is 4.44. The minimum atomic E-state index is -4.86. The minimum Gasteiger partial charge on any atom is -0.382 e. The quantitative estimate of drug-likeness (QED) is 0.861. The Morgan fingerprint density at radius 2 is 2.00 bits per heavy atom. The van der Waals surface area contributed by atoms with Gasteiger partial charge in [-0.1, -0.05) is 15.9 Å². The molecular formula is C10H11BrF3NO3S. The zero-order valence-electron chi connectivity index (χ0n) is 9.70. The molecule has 0 aliphatic carbocycles. The van der Waals surface area contributed by atoms with Gasteiger partial charge in [-0.05, 0) is 30.7 Å². The number of benzene rings is 1. The van der Waals surface area contributed by atoms with Crippen molar-refractivity contribution in [1.82, 2.24) is 4.72 Å². The molecule has 1 aromatic carbocycles. The first-order chi connectivity index (χ1) is 8.54. The Morgan fingerprint density at radius 3 is 2.47 bits per heavy atom. The molecule has 0 aromatic heterocycles. The lowest BCUT2D eigenvalue weighted by molar-refractivity contribution is -0.200. The Kier molecular flexibility index (Phi) is 4.99. The summed E-state index contributed by atoms with van der Waals surface area (Å²) in [5.41, 5.74) is 0.624. The SMILES string of the molecule is Cc1cc(S(=O)(=O)NCC(O)C(F)(F)F)ccc1Br. The first kappa shape index (κ1) is 16.4. The van der Waals surface area contributed by atoms with Crippen molar-refractivity contribution in [2.75, 3.05) is 6.54 Å². The van der Waals surface area contributed by atoms with Crippen LogP contribution in [0, 0.1) is 6.92 Å². The Morgan fingerprint density at radius 1 is 1.42 bits per heavy atom. The summed E-state index contributed by atoms with van der Waals surface area (Å²) in [7, 11) is -4.09. The van der Waals surface area contributed by atoms with Crippen LogP contribution in [0.25, 0.3) is 0 Å². The fourth-order valence-electron chi connectivity index (χ4n) is 1.17. The van der Waals surface area contributed by atoms with E-state index in [1.807, 2.05) is 0 Å². The lowest BCUT2D eigenvalue weighted by Gasteiger charge is -2.15. The number of aryl methyl sites for hydroxylation is 1. The first-order valence-electron chi connectivity index (χ1n) is 5.04. The topological polar surface area (TPSA) is 66.4 Å². The van der Waals surface area contributed by atoms with Crippen LogP contribution >= 0.6 is 15.9 Å². The van der Waals surface area contributed by atoms with Crippen LogP contribution in [0.3, 0.4) is 0 Å². The Hall–Kier alpha value is -0.640. The van der Waals surface area contributed by atoms with Gasteiger partial charge in [0.1, 0.15) is 0 Å². The molecule has 0 spiro atoms. The summed E-state index contributed by atoms with van der Waals surface area (Å²) in [5, 5.41) is 8.74. The van der Waals surface area contributed by atoms with Crippen molar-refractivity contribution in [3.05, 3.63) is 28.2 Å². The molecule has 4 nitrogen and oxygen atoms in total. The maximum Gasteiger partial charge on any atom is 0.415 e. The molecule has 0 bridgehead atoms. The third-order valence-corrected chi connectivity index (χ3v) is 4.60.